The maximum Gasteiger partial charge on any atom is 0.157 e. The van der Waals surface area contributed by atoms with Crippen molar-refractivity contribution >= 4 is 11.5 Å². The second-order valence-electron chi connectivity index (χ2n) is 5.98. The first-order valence-corrected chi connectivity index (χ1v) is 7.31. The standard InChI is InChI=1S/C15H23N5/c1-11-9-15(18(2)3)20-14(16-11)10-12(17-20)13-7-5-6-8-19(13)4/h9-10,13H,5-8H2,1-4H3/t13-/m0/s1. The van der Waals surface area contributed by atoms with E-state index in [2.05, 4.69) is 34.0 Å². The van der Waals surface area contributed by atoms with Gasteiger partial charge in [0.25, 0.3) is 0 Å². The van der Waals surface area contributed by atoms with E-state index in [1.807, 2.05) is 25.5 Å². The van der Waals surface area contributed by atoms with E-state index in [4.69, 9.17) is 5.10 Å². The van der Waals surface area contributed by atoms with Gasteiger partial charge in [0.15, 0.2) is 5.65 Å². The van der Waals surface area contributed by atoms with Crippen LogP contribution in [-0.2, 0) is 0 Å². The van der Waals surface area contributed by atoms with E-state index in [1.54, 1.807) is 0 Å². The van der Waals surface area contributed by atoms with Crippen LogP contribution in [0.25, 0.3) is 5.65 Å². The fourth-order valence-electron chi connectivity index (χ4n) is 3.03. The van der Waals surface area contributed by atoms with E-state index in [0.717, 1.165) is 29.4 Å². The summed E-state index contributed by atoms with van der Waals surface area (Å²) >= 11 is 0. The molecule has 20 heavy (non-hydrogen) atoms. The smallest absolute Gasteiger partial charge is 0.157 e. The van der Waals surface area contributed by atoms with Gasteiger partial charge in [-0.05, 0) is 33.4 Å². The molecule has 5 heteroatoms. The first kappa shape index (κ1) is 13.4. The van der Waals surface area contributed by atoms with Crippen molar-refractivity contribution in [2.75, 3.05) is 32.6 Å². The van der Waals surface area contributed by atoms with Gasteiger partial charge in [0.1, 0.15) is 5.82 Å². The van der Waals surface area contributed by atoms with Gasteiger partial charge >= 0.3 is 0 Å². The average molecular weight is 273 g/mol. The summed E-state index contributed by atoms with van der Waals surface area (Å²) in [5, 5.41) is 4.82. The molecule has 1 aliphatic heterocycles. The van der Waals surface area contributed by atoms with Crippen LogP contribution in [0.2, 0.25) is 0 Å². The maximum atomic E-state index is 4.82. The molecular weight excluding hydrogens is 250 g/mol. The van der Waals surface area contributed by atoms with Crippen LogP contribution in [0.4, 0.5) is 5.82 Å². The molecule has 0 saturated carbocycles. The van der Waals surface area contributed by atoms with Gasteiger partial charge in [0.2, 0.25) is 0 Å². The number of nitrogens with zero attached hydrogens (tertiary/aromatic N) is 5. The normalized spacial score (nSPS) is 20.5. The van der Waals surface area contributed by atoms with Crippen molar-refractivity contribution in [3.8, 4) is 0 Å². The lowest BCUT2D eigenvalue weighted by atomic mass is 10.0. The third-order valence-corrected chi connectivity index (χ3v) is 4.13. The Hall–Kier alpha value is -1.62. The molecule has 2 aromatic heterocycles. The molecule has 0 radical (unpaired) electrons. The Kier molecular flexibility index (Phi) is 3.38. The van der Waals surface area contributed by atoms with E-state index >= 15 is 0 Å². The summed E-state index contributed by atoms with van der Waals surface area (Å²) in [5.41, 5.74) is 3.13. The molecule has 0 bridgehead atoms. The summed E-state index contributed by atoms with van der Waals surface area (Å²) in [4.78, 5) is 9.11. The molecule has 0 aromatic carbocycles. The largest absolute Gasteiger partial charge is 0.363 e. The number of piperidine rings is 1. The molecule has 3 rings (SSSR count). The highest BCUT2D eigenvalue weighted by molar-refractivity contribution is 5.51. The van der Waals surface area contributed by atoms with Crippen molar-refractivity contribution in [1.82, 2.24) is 19.5 Å². The molecule has 0 aliphatic carbocycles. The SMILES string of the molecule is Cc1cc(N(C)C)n2nc([C@@H]3CCCCN3C)cc2n1. The highest BCUT2D eigenvalue weighted by Gasteiger charge is 2.24. The van der Waals surface area contributed by atoms with Gasteiger partial charge < -0.3 is 4.90 Å². The number of fused-ring (bicyclic) bond motifs is 1. The summed E-state index contributed by atoms with van der Waals surface area (Å²) in [6, 6.07) is 4.65. The second-order valence-corrected chi connectivity index (χ2v) is 5.98. The summed E-state index contributed by atoms with van der Waals surface area (Å²) in [6.07, 6.45) is 3.77. The predicted octanol–water partition coefficient (Wildman–Crippen LogP) is 2.26. The molecule has 0 N–H and O–H groups in total. The number of aryl methyl sites for hydroxylation is 1. The van der Waals surface area contributed by atoms with Crippen molar-refractivity contribution in [1.29, 1.82) is 0 Å². The molecule has 1 aliphatic rings. The number of aromatic nitrogens is 3. The van der Waals surface area contributed by atoms with Gasteiger partial charge in [-0.2, -0.15) is 9.61 Å². The first-order valence-electron chi connectivity index (χ1n) is 7.31. The third-order valence-electron chi connectivity index (χ3n) is 4.13. The number of hydrogen-bond donors (Lipinski definition) is 0. The summed E-state index contributed by atoms with van der Waals surface area (Å²) in [7, 11) is 6.28. The van der Waals surface area contributed by atoms with Crippen molar-refractivity contribution in [2.45, 2.75) is 32.2 Å². The van der Waals surface area contributed by atoms with E-state index in [0.29, 0.717) is 6.04 Å². The van der Waals surface area contributed by atoms with Crippen LogP contribution in [0.15, 0.2) is 12.1 Å². The highest BCUT2D eigenvalue weighted by Crippen LogP contribution is 2.29. The van der Waals surface area contributed by atoms with Crippen LogP contribution in [0.3, 0.4) is 0 Å². The predicted molar refractivity (Wildman–Crippen MR) is 81.3 cm³/mol. The number of likely N-dealkylation sites (tertiary alicyclic amines) is 1. The molecule has 0 amide bonds. The van der Waals surface area contributed by atoms with E-state index < -0.39 is 0 Å². The quantitative estimate of drug-likeness (QED) is 0.841. The molecule has 108 valence electrons. The van der Waals surface area contributed by atoms with Crippen molar-refractivity contribution < 1.29 is 0 Å². The van der Waals surface area contributed by atoms with Crippen LogP contribution in [0.5, 0.6) is 0 Å². The minimum Gasteiger partial charge on any atom is -0.363 e. The average Bonchev–Trinajstić information content (AvgIpc) is 2.81. The van der Waals surface area contributed by atoms with Gasteiger partial charge in [-0.15, -0.1) is 0 Å². The Bertz CT molecular complexity index is 616. The fraction of sp³-hybridized carbons (Fsp3) is 0.600. The molecule has 2 aromatic rings. The zero-order chi connectivity index (χ0) is 14.3. The number of rotatable bonds is 2. The molecule has 1 fully saturated rings. The van der Waals surface area contributed by atoms with E-state index in [-0.39, 0.29) is 0 Å². The summed E-state index contributed by atoms with van der Waals surface area (Å²) in [6.45, 7) is 3.19. The van der Waals surface area contributed by atoms with Crippen LogP contribution in [0.1, 0.15) is 36.7 Å². The second kappa shape index (κ2) is 5.05. The first-order chi connectivity index (χ1) is 9.56. The Morgan fingerprint density at radius 2 is 2.05 bits per heavy atom. The van der Waals surface area contributed by atoms with Gasteiger partial charge in [0, 0.05) is 31.9 Å². The monoisotopic (exact) mass is 273 g/mol. The molecule has 3 heterocycles. The third kappa shape index (κ3) is 2.26. The molecule has 1 atom stereocenters. The molecule has 1 saturated heterocycles. The van der Waals surface area contributed by atoms with Crippen LogP contribution < -0.4 is 4.90 Å². The topological polar surface area (TPSA) is 36.7 Å². The zero-order valence-electron chi connectivity index (χ0n) is 12.8. The lowest BCUT2D eigenvalue weighted by Crippen LogP contribution is -2.29. The van der Waals surface area contributed by atoms with E-state index in [1.165, 1.54) is 19.3 Å². The van der Waals surface area contributed by atoms with Crippen molar-refractivity contribution in [2.24, 2.45) is 0 Å². The Balaban J connectivity index is 2.08. The Morgan fingerprint density at radius 1 is 1.25 bits per heavy atom. The van der Waals surface area contributed by atoms with Gasteiger partial charge in [-0.25, -0.2) is 4.98 Å². The van der Waals surface area contributed by atoms with Gasteiger partial charge in [0.05, 0.1) is 11.7 Å². The van der Waals surface area contributed by atoms with E-state index in [9.17, 15) is 0 Å². The maximum absolute atomic E-state index is 4.82. The van der Waals surface area contributed by atoms with Gasteiger partial charge in [-0.3, -0.25) is 4.90 Å². The lowest BCUT2D eigenvalue weighted by molar-refractivity contribution is 0.183. The summed E-state index contributed by atoms with van der Waals surface area (Å²) in [5.74, 6) is 1.08. The molecule has 0 spiro atoms. The Labute approximate surface area is 120 Å². The van der Waals surface area contributed by atoms with Crippen LogP contribution >= 0.6 is 0 Å². The molecule has 5 nitrogen and oxygen atoms in total. The molecular formula is C15H23N5. The summed E-state index contributed by atoms with van der Waals surface area (Å²) < 4.78 is 1.96. The highest BCUT2D eigenvalue weighted by atomic mass is 15.3. The minimum absolute atomic E-state index is 0.431. The molecule has 0 unspecified atom stereocenters. The van der Waals surface area contributed by atoms with Gasteiger partial charge in [-0.1, -0.05) is 6.42 Å². The lowest BCUT2D eigenvalue weighted by Gasteiger charge is -2.30. The van der Waals surface area contributed by atoms with Crippen molar-refractivity contribution in [3.63, 3.8) is 0 Å². The number of hydrogen-bond acceptors (Lipinski definition) is 4. The van der Waals surface area contributed by atoms with Crippen LogP contribution in [-0.4, -0.2) is 47.2 Å². The van der Waals surface area contributed by atoms with Crippen molar-refractivity contribution in [3.05, 3.63) is 23.5 Å². The van der Waals surface area contributed by atoms with Crippen LogP contribution in [0, 0.1) is 6.92 Å². The zero-order valence-corrected chi connectivity index (χ0v) is 12.8. The minimum atomic E-state index is 0.431. The fourth-order valence-corrected chi connectivity index (χ4v) is 3.03. The number of anilines is 1. The Morgan fingerprint density at radius 3 is 2.75 bits per heavy atom.